The zero-order valence-corrected chi connectivity index (χ0v) is 14.4. The van der Waals surface area contributed by atoms with Gasteiger partial charge in [-0.25, -0.2) is 0 Å². The second kappa shape index (κ2) is 7.62. The van der Waals surface area contributed by atoms with Gasteiger partial charge in [0.2, 0.25) is 17.7 Å². The molecule has 23 heavy (non-hydrogen) atoms. The molecule has 3 fully saturated rings. The molecule has 130 valence electrons. The van der Waals surface area contributed by atoms with Crippen LogP contribution in [-0.4, -0.2) is 60.2 Å². The maximum Gasteiger partial charge on any atom is 0.243 e. The highest BCUT2D eigenvalue weighted by atomic mass is 35.5. The van der Waals surface area contributed by atoms with E-state index in [1.165, 1.54) is 4.90 Å². The SMILES string of the molecule is CNCC1CCCN1C(=O)CN1C(=O)C2CCCCC2C1=O.Cl. The first-order valence-corrected chi connectivity index (χ1v) is 8.42. The molecule has 0 aromatic carbocycles. The Hall–Kier alpha value is -1.14. The average molecular weight is 344 g/mol. The van der Waals surface area contributed by atoms with Crippen molar-refractivity contribution in [1.29, 1.82) is 0 Å². The average Bonchev–Trinajstić information content (AvgIpc) is 3.07. The molecule has 2 saturated heterocycles. The van der Waals surface area contributed by atoms with E-state index in [2.05, 4.69) is 5.32 Å². The molecular formula is C16H26ClN3O3. The summed E-state index contributed by atoms with van der Waals surface area (Å²) in [6, 6.07) is 0.188. The summed E-state index contributed by atoms with van der Waals surface area (Å²) in [6.07, 6.45) is 5.60. The summed E-state index contributed by atoms with van der Waals surface area (Å²) in [7, 11) is 1.87. The van der Waals surface area contributed by atoms with Gasteiger partial charge in [-0.3, -0.25) is 19.3 Å². The number of nitrogens with zero attached hydrogens (tertiary/aromatic N) is 2. The van der Waals surface area contributed by atoms with Crippen LogP contribution >= 0.6 is 12.4 Å². The fourth-order valence-electron chi connectivity index (χ4n) is 4.22. The lowest BCUT2D eigenvalue weighted by atomic mass is 9.81. The van der Waals surface area contributed by atoms with Gasteiger partial charge in [-0.15, -0.1) is 12.4 Å². The molecule has 0 radical (unpaired) electrons. The van der Waals surface area contributed by atoms with Gasteiger partial charge < -0.3 is 10.2 Å². The van der Waals surface area contributed by atoms with E-state index in [9.17, 15) is 14.4 Å². The van der Waals surface area contributed by atoms with Crippen molar-refractivity contribution in [1.82, 2.24) is 15.1 Å². The summed E-state index contributed by atoms with van der Waals surface area (Å²) in [6.45, 7) is 1.43. The number of halogens is 1. The quantitative estimate of drug-likeness (QED) is 0.766. The zero-order chi connectivity index (χ0) is 15.7. The Labute approximate surface area is 143 Å². The van der Waals surface area contributed by atoms with E-state index in [-0.39, 0.29) is 54.6 Å². The minimum atomic E-state index is -0.166. The summed E-state index contributed by atoms with van der Waals surface area (Å²) >= 11 is 0. The van der Waals surface area contributed by atoms with Gasteiger partial charge in [0.15, 0.2) is 0 Å². The van der Waals surface area contributed by atoms with Gasteiger partial charge >= 0.3 is 0 Å². The lowest BCUT2D eigenvalue weighted by Crippen LogP contribution is -2.47. The standard InChI is InChI=1S/C16H25N3O3.ClH/c1-17-9-11-5-4-8-18(11)14(20)10-19-15(21)12-6-2-3-7-13(12)16(19)22;/h11-13,17H,2-10H2,1H3;1H. The van der Waals surface area contributed by atoms with Gasteiger partial charge in [-0.1, -0.05) is 12.8 Å². The van der Waals surface area contributed by atoms with E-state index in [4.69, 9.17) is 0 Å². The molecule has 2 heterocycles. The number of likely N-dealkylation sites (tertiary alicyclic amines) is 2. The van der Waals surface area contributed by atoms with Crippen molar-refractivity contribution >= 4 is 30.1 Å². The predicted molar refractivity (Wildman–Crippen MR) is 88.1 cm³/mol. The Morgan fingerprint density at radius 2 is 1.70 bits per heavy atom. The van der Waals surface area contributed by atoms with Crippen molar-refractivity contribution in [2.75, 3.05) is 26.7 Å². The lowest BCUT2D eigenvalue weighted by Gasteiger charge is -2.26. The number of fused-ring (bicyclic) bond motifs is 1. The van der Waals surface area contributed by atoms with Crippen LogP contribution in [0.1, 0.15) is 38.5 Å². The lowest BCUT2D eigenvalue weighted by molar-refractivity contribution is -0.146. The summed E-state index contributed by atoms with van der Waals surface area (Å²) in [5.74, 6) is -0.653. The number of carbonyl (C=O) groups excluding carboxylic acids is 3. The van der Waals surface area contributed by atoms with Gasteiger partial charge in [-0.05, 0) is 32.7 Å². The van der Waals surface area contributed by atoms with E-state index < -0.39 is 0 Å². The van der Waals surface area contributed by atoms with Crippen LogP contribution in [0, 0.1) is 11.8 Å². The fourth-order valence-corrected chi connectivity index (χ4v) is 4.22. The molecule has 3 aliphatic rings. The number of hydrogen-bond acceptors (Lipinski definition) is 4. The van der Waals surface area contributed by atoms with Crippen LogP contribution in [0.2, 0.25) is 0 Å². The maximum atomic E-state index is 12.5. The van der Waals surface area contributed by atoms with E-state index in [1.54, 1.807) is 0 Å². The summed E-state index contributed by atoms with van der Waals surface area (Å²) in [5.41, 5.74) is 0. The first kappa shape index (κ1) is 18.2. The Bertz CT molecular complexity index is 461. The molecule has 1 aliphatic carbocycles. The van der Waals surface area contributed by atoms with Crippen LogP contribution in [0.5, 0.6) is 0 Å². The fraction of sp³-hybridized carbons (Fsp3) is 0.812. The van der Waals surface area contributed by atoms with Gasteiger partial charge in [0.1, 0.15) is 6.54 Å². The Kier molecular flexibility index (Phi) is 6.03. The largest absolute Gasteiger partial charge is 0.337 e. The molecule has 0 aromatic rings. The highest BCUT2D eigenvalue weighted by molar-refractivity contribution is 6.07. The third kappa shape index (κ3) is 3.38. The van der Waals surface area contributed by atoms with Crippen molar-refractivity contribution < 1.29 is 14.4 Å². The molecule has 0 aromatic heterocycles. The number of hydrogen-bond donors (Lipinski definition) is 1. The Morgan fingerprint density at radius 1 is 1.09 bits per heavy atom. The second-order valence-electron chi connectivity index (χ2n) is 6.70. The highest BCUT2D eigenvalue weighted by Crippen LogP contribution is 2.38. The predicted octanol–water partition coefficient (Wildman–Crippen LogP) is 0.794. The smallest absolute Gasteiger partial charge is 0.243 e. The number of imide groups is 1. The summed E-state index contributed by atoms with van der Waals surface area (Å²) in [5, 5.41) is 3.10. The first-order chi connectivity index (χ1) is 10.6. The minimum Gasteiger partial charge on any atom is -0.337 e. The second-order valence-corrected chi connectivity index (χ2v) is 6.70. The molecule has 0 spiro atoms. The molecule has 1 N–H and O–H groups in total. The van der Waals surface area contributed by atoms with Gasteiger partial charge in [0, 0.05) is 19.1 Å². The Balaban J connectivity index is 0.00000192. The zero-order valence-electron chi connectivity index (χ0n) is 13.6. The maximum absolute atomic E-state index is 12.5. The van der Waals surface area contributed by atoms with Gasteiger partial charge in [0.25, 0.3) is 0 Å². The van der Waals surface area contributed by atoms with Crippen molar-refractivity contribution in [3.63, 3.8) is 0 Å². The number of amides is 3. The number of likely N-dealkylation sites (N-methyl/N-ethyl adjacent to an activating group) is 1. The van der Waals surface area contributed by atoms with Crippen LogP contribution in [-0.2, 0) is 14.4 Å². The van der Waals surface area contributed by atoms with Crippen molar-refractivity contribution in [3.05, 3.63) is 0 Å². The summed E-state index contributed by atoms with van der Waals surface area (Å²) < 4.78 is 0. The van der Waals surface area contributed by atoms with Gasteiger partial charge in [-0.2, -0.15) is 0 Å². The van der Waals surface area contributed by atoms with Crippen LogP contribution in [0.15, 0.2) is 0 Å². The highest BCUT2D eigenvalue weighted by Gasteiger charge is 2.49. The number of rotatable bonds is 4. The molecule has 3 atom stereocenters. The van der Waals surface area contributed by atoms with E-state index in [0.717, 1.165) is 51.6 Å². The van der Waals surface area contributed by atoms with Crippen LogP contribution in [0.4, 0.5) is 0 Å². The van der Waals surface area contributed by atoms with Crippen LogP contribution < -0.4 is 5.32 Å². The van der Waals surface area contributed by atoms with Crippen molar-refractivity contribution in [2.45, 2.75) is 44.6 Å². The van der Waals surface area contributed by atoms with E-state index in [1.807, 2.05) is 11.9 Å². The normalized spacial score (nSPS) is 30.4. The third-order valence-corrected chi connectivity index (χ3v) is 5.36. The monoisotopic (exact) mass is 343 g/mol. The first-order valence-electron chi connectivity index (χ1n) is 8.42. The third-order valence-electron chi connectivity index (χ3n) is 5.36. The molecular weight excluding hydrogens is 318 g/mol. The Morgan fingerprint density at radius 3 is 2.26 bits per heavy atom. The molecule has 7 heteroatoms. The molecule has 2 aliphatic heterocycles. The molecule has 3 rings (SSSR count). The topological polar surface area (TPSA) is 69.7 Å². The van der Waals surface area contributed by atoms with Gasteiger partial charge in [0.05, 0.1) is 11.8 Å². The molecule has 3 unspecified atom stereocenters. The number of nitrogens with one attached hydrogen (secondary N) is 1. The molecule has 6 nitrogen and oxygen atoms in total. The van der Waals surface area contributed by atoms with Crippen molar-refractivity contribution in [2.24, 2.45) is 11.8 Å². The van der Waals surface area contributed by atoms with E-state index in [0.29, 0.717) is 0 Å². The number of carbonyl (C=O) groups is 3. The minimum absolute atomic E-state index is 0. The molecule has 0 bridgehead atoms. The molecule has 3 amide bonds. The van der Waals surface area contributed by atoms with E-state index >= 15 is 0 Å². The molecule has 1 saturated carbocycles. The van der Waals surface area contributed by atoms with Crippen LogP contribution in [0.25, 0.3) is 0 Å². The van der Waals surface area contributed by atoms with Crippen molar-refractivity contribution in [3.8, 4) is 0 Å². The van der Waals surface area contributed by atoms with Crippen LogP contribution in [0.3, 0.4) is 0 Å². The summed E-state index contributed by atoms with van der Waals surface area (Å²) in [4.78, 5) is 40.5.